The first-order valence-corrected chi connectivity index (χ1v) is 5.83. The number of nitrogens with zero attached hydrogens (tertiary/aromatic N) is 2. The van der Waals surface area contributed by atoms with E-state index in [1.165, 1.54) is 4.90 Å². The molecule has 0 fully saturated rings. The van der Waals surface area contributed by atoms with Crippen molar-refractivity contribution < 1.29 is 0 Å². The average Bonchev–Trinajstić information content (AvgIpc) is 2.80. The van der Waals surface area contributed by atoms with E-state index < -0.39 is 0 Å². The van der Waals surface area contributed by atoms with E-state index in [4.69, 9.17) is 0 Å². The van der Waals surface area contributed by atoms with E-state index in [-0.39, 0.29) is 0 Å². The Labute approximate surface area is 92.5 Å². The van der Waals surface area contributed by atoms with Gasteiger partial charge in [0, 0.05) is 17.3 Å². The third-order valence-corrected chi connectivity index (χ3v) is 2.70. The normalized spacial score (nSPS) is 10.2. The number of thioether (sulfide) groups is 1. The van der Waals surface area contributed by atoms with Gasteiger partial charge in [0.2, 0.25) is 0 Å². The van der Waals surface area contributed by atoms with Crippen molar-refractivity contribution in [1.82, 2.24) is 15.2 Å². The monoisotopic (exact) mass is 220 g/mol. The molecular formula is C10H12N4S. The third kappa shape index (κ3) is 2.73. The van der Waals surface area contributed by atoms with Crippen LogP contribution in [0.5, 0.6) is 0 Å². The molecule has 0 aromatic carbocycles. The Morgan fingerprint density at radius 3 is 2.93 bits per heavy atom. The second-order valence-electron chi connectivity index (χ2n) is 3.02. The zero-order valence-electron chi connectivity index (χ0n) is 8.40. The molecule has 4 nitrogen and oxygen atoms in total. The summed E-state index contributed by atoms with van der Waals surface area (Å²) in [6, 6.07) is 5.96. The van der Waals surface area contributed by atoms with Crippen LogP contribution < -0.4 is 5.32 Å². The van der Waals surface area contributed by atoms with Gasteiger partial charge in [-0.25, -0.2) is 4.98 Å². The first kappa shape index (κ1) is 10.0. The Kier molecular flexibility index (Phi) is 3.24. The Hall–Kier alpha value is -1.49. The summed E-state index contributed by atoms with van der Waals surface area (Å²) >= 11 is 1.69. The molecule has 0 spiro atoms. The average molecular weight is 220 g/mol. The number of nitrogens with one attached hydrogen (secondary N) is 2. The molecule has 0 saturated heterocycles. The van der Waals surface area contributed by atoms with E-state index in [0.29, 0.717) is 6.54 Å². The fourth-order valence-electron chi connectivity index (χ4n) is 1.17. The molecular weight excluding hydrogens is 208 g/mol. The van der Waals surface area contributed by atoms with Crippen molar-refractivity contribution in [1.29, 1.82) is 0 Å². The lowest BCUT2D eigenvalue weighted by Gasteiger charge is -2.03. The number of rotatable bonds is 4. The third-order valence-electron chi connectivity index (χ3n) is 1.99. The summed E-state index contributed by atoms with van der Waals surface area (Å²) in [4.78, 5) is 5.45. The molecule has 0 atom stereocenters. The SMILES string of the molecule is CSc1ccc(NCc2ccn[nH]2)nc1. The van der Waals surface area contributed by atoms with Gasteiger partial charge in [0.05, 0.1) is 12.2 Å². The second kappa shape index (κ2) is 4.84. The molecule has 2 rings (SSSR count). The van der Waals surface area contributed by atoms with Crippen LogP contribution in [0.25, 0.3) is 0 Å². The molecule has 0 aliphatic carbocycles. The van der Waals surface area contributed by atoms with Crippen molar-refractivity contribution in [2.45, 2.75) is 11.4 Å². The molecule has 0 saturated carbocycles. The summed E-state index contributed by atoms with van der Waals surface area (Å²) in [6.07, 6.45) is 5.63. The molecule has 2 aromatic rings. The molecule has 0 aliphatic heterocycles. The topological polar surface area (TPSA) is 53.6 Å². The molecule has 5 heteroatoms. The molecule has 78 valence electrons. The second-order valence-corrected chi connectivity index (χ2v) is 3.90. The fraction of sp³-hybridized carbons (Fsp3) is 0.200. The first-order chi connectivity index (χ1) is 7.38. The molecule has 0 amide bonds. The van der Waals surface area contributed by atoms with Gasteiger partial charge < -0.3 is 5.32 Å². The summed E-state index contributed by atoms with van der Waals surface area (Å²) in [5.74, 6) is 0.877. The minimum absolute atomic E-state index is 0.714. The smallest absolute Gasteiger partial charge is 0.126 e. The highest BCUT2D eigenvalue weighted by atomic mass is 32.2. The van der Waals surface area contributed by atoms with Crippen LogP contribution in [0.4, 0.5) is 5.82 Å². The van der Waals surface area contributed by atoms with Crippen LogP contribution in [0.2, 0.25) is 0 Å². The van der Waals surface area contributed by atoms with Crippen molar-refractivity contribution >= 4 is 17.6 Å². The molecule has 0 bridgehead atoms. The summed E-state index contributed by atoms with van der Waals surface area (Å²) in [6.45, 7) is 0.714. The van der Waals surface area contributed by atoms with Crippen LogP contribution in [0, 0.1) is 0 Å². The number of hydrogen-bond donors (Lipinski definition) is 2. The maximum absolute atomic E-state index is 4.28. The zero-order chi connectivity index (χ0) is 10.5. The van der Waals surface area contributed by atoms with Crippen molar-refractivity contribution in [3.63, 3.8) is 0 Å². The summed E-state index contributed by atoms with van der Waals surface area (Å²) < 4.78 is 0. The maximum atomic E-state index is 4.28. The molecule has 0 aliphatic rings. The van der Waals surface area contributed by atoms with Crippen LogP contribution in [-0.2, 0) is 6.54 Å². The fourth-order valence-corrected chi connectivity index (χ4v) is 1.54. The number of H-pyrrole nitrogens is 1. The predicted molar refractivity (Wildman–Crippen MR) is 61.9 cm³/mol. The lowest BCUT2D eigenvalue weighted by atomic mass is 10.4. The van der Waals surface area contributed by atoms with Gasteiger partial charge in [-0.15, -0.1) is 11.8 Å². The summed E-state index contributed by atoms with van der Waals surface area (Å²) in [5, 5.41) is 9.97. The van der Waals surface area contributed by atoms with E-state index in [9.17, 15) is 0 Å². The Morgan fingerprint density at radius 1 is 1.40 bits per heavy atom. The van der Waals surface area contributed by atoms with E-state index in [2.05, 4.69) is 20.5 Å². The van der Waals surface area contributed by atoms with Gasteiger partial charge in [0.1, 0.15) is 5.82 Å². The van der Waals surface area contributed by atoms with Crippen molar-refractivity contribution in [2.75, 3.05) is 11.6 Å². The highest BCUT2D eigenvalue weighted by molar-refractivity contribution is 7.98. The Morgan fingerprint density at radius 2 is 2.33 bits per heavy atom. The van der Waals surface area contributed by atoms with Crippen LogP contribution in [0.3, 0.4) is 0 Å². The quantitative estimate of drug-likeness (QED) is 0.775. The minimum Gasteiger partial charge on any atom is -0.364 e. The highest BCUT2D eigenvalue weighted by Gasteiger charge is 1.96. The predicted octanol–water partition coefficient (Wildman–Crippen LogP) is 2.14. The molecule has 2 N–H and O–H groups in total. The molecule has 15 heavy (non-hydrogen) atoms. The number of hydrogen-bond acceptors (Lipinski definition) is 4. The van der Waals surface area contributed by atoms with Crippen LogP contribution in [-0.4, -0.2) is 21.4 Å². The molecule has 0 radical (unpaired) electrons. The molecule has 0 unspecified atom stereocenters. The van der Waals surface area contributed by atoms with Gasteiger partial charge in [-0.2, -0.15) is 5.10 Å². The van der Waals surface area contributed by atoms with Crippen molar-refractivity contribution in [3.8, 4) is 0 Å². The lowest BCUT2D eigenvalue weighted by molar-refractivity contribution is 0.973. The van der Waals surface area contributed by atoms with E-state index >= 15 is 0 Å². The van der Waals surface area contributed by atoms with Gasteiger partial charge in [0.25, 0.3) is 0 Å². The van der Waals surface area contributed by atoms with Crippen LogP contribution >= 0.6 is 11.8 Å². The van der Waals surface area contributed by atoms with Crippen molar-refractivity contribution in [3.05, 3.63) is 36.3 Å². The first-order valence-electron chi connectivity index (χ1n) is 4.60. The van der Waals surface area contributed by atoms with E-state index in [1.807, 2.05) is 30.7 Å². The standard InChI is InChI=1S/C10H12N4S/c1-15-9-2-3-10(12-7-9)11-6-8-4-5-13-14-8/h2-5,7H,6H2,1H3,(H,11,12)(H,13,14). The number of anilines is 1. The van der Waals surface area contributed by atoms with Gasteiger partial charge in [-0.05, 0) is 24.5 Å². The zero-order valence-corrected chi connectivity index (χ0v) is 9.21. The van der Waals surface area contributed by atoms with Gasteiger partial charge in [-0.3, -0.25) is 5.10 Å². The molecule has 2 aromatic heterocycles. The Bertz CT molecular complexity index is 396. The van der Waals surface area contributed by atoms with Crippen LogP contribution in [0.1, 0.15) is 5.69 Å². The lowest BCUT2D eigenvalue weighted by Crippen LogP contribution is -2.01. The van der Waals surface area contributed by atoms with E-state index in [1.54, 1.807) is 18.0 Å². The maximum Gasteiger partial charge on any atom is 0.126 e. The van der Waals surface area contributed by atoms with E-state index in [0.717, 1.165) is 11.5 Å². The van der Waals surface area contributed by atoms with Gasteiger partial charge in [-0.1, -0.05) is 0 Å². The summed E-state index contributed by atoms with van der Waals surface area (Å²) in [7, 11) is 0. The van der Waals surface area contributed by atoms with Gasteiger partial charge in [0.15, 0.2) is 0 Å². The Balaban J connectivity index is 1.93. The number of aromatic amines is 1. The number of aromatic nitrogens is 3. The van der Waals surface area contributed by atoms with Crippen molar-refractivity contribution in [2.24, 2.45) is 0 Å². The summed E-state index contributed by atoms with van der Waals surface area (Å²) in [5.41, 5.74) is 1.05. The number of pyridine rings is 1. The largest absolute Gasteiger partial charge is 0.364 e. The highest BCUT2D eigenvalue weighted by Crippen LogP contribution is 2.14. The molecule has 2 heterocycles. The minimum atomic E-state index is 0.714. The van der Waals surface area contributed by atoms with Gasteiger partial charge >= 0.3 is 0 Å². The van der Waals surface area contributed by atoms with Crippen LogP contribution in [0.15, 0.2) is 35.5 Å².